The molecule has 0 saturated heterocycles. The van der Waals surface area contributed by atoms with Gasteiger partial charge in [-0.1, -0.05) is 17.2 Å². The molecule has 2 rings (SSSR count). The van der Waals surface area contributed by atoms with E-state index >= 15 is 0 Å². The van der Waals surface area contributed by atoms with Crippen LogP contribution in [0.2, 0.25) is 0 Å². The van der Waals surface area contributed by atoms with Crippen LogP contribution in [-0.2, 0) is 16.3 Å². The first-order valence-electron chi connectivity index (χ1n) is 6.35. The van der Waals surface area contributed by atoms with Crippen LogP contribution in [0.1, 0.15) is 16.2 Å². The molecule has 1 aromatic carbocycles. The molecule has 2 aromatic rings. The van der Waals surface area contributed by atoms with Crippen molar-refractivity contribution in [3.05, 3.63) is 35.7 Å². The van der Waals surface area contributed by atoms with E-state index in [9.17, 15) is 13.2 Å². The van der Waals surface area contributed by atoms with Gasteiger partial charge in [-0.2, -0.15) is 0 Å². The molecule has 1 heterocycles. The maximum atomic E-state index is 12.0. The summed E-state index contributed by atoms with van der Waals surface area (Å²) in [5, 5.41) is 9.29. The Labute approximate surface area is 127 Å². The molecule has 0 saturated carbocycles. The van der Waals surface area contributed by atoms with Gasteiger partial charge in [0.1, 0.15) is 5.75 Å². The lowest BCUT2D eigenvalue weighted by Gasteiger charge is -2.08. The molecule has 118 valence electrons. The molecule has 0 spiro atoms. The summed E-state index contributed by atoms with van der Waals surface area (Å²) in [4.78, 5) is 12.0. The van der Waals surface area contributed by atoms with E-state index in [1.54, 1.807) is 24.3 Å². The number of aromatic nitrogens is 2. The zero-order valence-electron chi connectivity index (χ0n) is 12.1. The van der Waals surface area contributed by atoms with Crippen LogP contribution in [0.4, 0.5) is 0 Å². The first kappa shape index (κ1) is 16.0. The molecule has 1 amide bonds. The highest BCUT2D eigenvalue weighted by Gasteiger charge is 2.16. The standard InChI is InChI=1S/C13H15N3O5S/c1-20-10-6-4-3-5-9(10)12(17)14-8-7-11-15-16-13(21-11)22(2,18)19/h3-6H,7-8H2,1-2H3,(H,14,17). The molecule has 0 aliphatic carbocycles. The Bertz CT molecular complexity index is 769. The number of amides is 1. The van der Waals surface area contributed by atoms with Crippen molar-refractivity contribution in [2.75, 3.05) is 19.9 Å². The van der Waals surface area contributed by atoms with Crippen molar-refractivity contribution in [2.24, 2.45) is 0 Å². The molecule has 8 nitrogen and oxygen atoms in total. The van der Waals surface area contributed by atoms with Crippen molar-refractivity contribution in [1.82, 2.24) is 15.5 Å². The first-order valence-corrected chi connectivity index (χ1v) is 8.24. The average molecular weight is 325 g/mol. The SMILES string of the molecule is COc1ccccc1C(=O)NCCc1nnc(S(C)(=O)=O)o1. The summed E-state index contributed by atoms with van der Waals surface area (Å²) < 4.78 is 32.5. The monoisotopic (exact) mass is 325 g/mol. The van der Waals surface area contributed by atoms with Crippen LogP contribution in [0.3, 0.4) is 0 Å². The van der Waals surface area contributed by atoms with Crippen LogP contribution in [0, 0.1) is 0 Å². The minimum Gasteiger partial charge on any atom is -0.496 e. The van der Waals surface area contributed by atoms with Gasteiger partial charge >= 0.3 is 5.22 Å². The number of rotatable bonds is 6. The average Bonchev–Trinajstić information content (AvgIpc) is 2.96. The highest BCUT2D eigenvalue weighted by Crippen LogP contribution is 2.16. The van der Waals surface area contributed by atoms with Gasteiger partial charge < -0.3 is 14.5 Å². The summed E-state index contributed by atoms with van der Waals surface area (Å²) in [6.07, 6.45) is 1.21. The molecule has 0 bridgehead atoms. The fourth-order valence-electron chi connectivity index (χ4n) is 1.70. The zero-order valence-corrected chi connectivity index (χ0v) is 12.9. The van der Waals surface area contributed by atoms with E-state index in [1.807, 2.05) is 0 Å². The molecule has 0 unspecified atom stereocenters. The molecule has 0 aliphatic heterocycles. The molecular formula is C13H15N3O5S. The number of carbonyl (C=O) groups excluding carboxylic acids is 1. The van der Waals surface area contributed by atoms with Crippen LogP contribution in [0.25, 0.3) is 0 Å². The van der Waals surface area contributed by atoms with Crippen LogP contribution < -0.4 is 10.1 Å². The number of carbonyl (C=O) groups is 1. The molecular weight excluding hydrogens is 310 g/mol. The fraction of sp³-hybridized carbons (Fsp3) is 0.308. The summed E-state index contributed by atoms with van der Waals surface area (Å²) in [7, 11) is -2.04. The molecule has 0 aliphatic rings. The van der Waals surface area contributed by atoms with Crippen molar-refractivity contribution in [2.45, 2.75) is 11.6 Å². The third kappa shape index (κ3) is 3.82. The lowest BCUT2D eigenvalue weighted by atomic mass is 10.2. The van der Waals surface area contributed by atoms with Gasteiger partial charge in [-0.25, -0.2) is 8.42 Å². The van der Waals surface area contributed by atoms with Gasteiger partial charge in [-0.05, 0) is 12.1 Å². The van der Waals surface area contributed by atoms with Crippen molar-refractivity contribution in [1.29, 1.82) is 0 Å². The van der Waals surface area contributed by atoms with E-state index in [0.717, 1.165) is 6.26 Å². The lowest BCUT2D eigenvalue weighted by Crippen LogP contribution is -2.26. The minimum atomic E-state index is -3.52. The van der Waals surface area contributed by atoms with Gasteiger partial charge in [0.05, 0.1) is 12.7 Å². The quantitative estimate of drug-likeness (QED) is 0.821. The molecule has 22 heavy (non-hydrogen) atoms. The van der Waals surface area contributed by atoms with E-state index < -0.39 is 15.1 Å². The third-order valence-corrected chi connectivity index (χ3v) is 3.54. The number of para-hydroxylation sites is 1. The first-order chi connectivity index (χ1) is 10.4. The smallest absolute Gasteiger partial charge is 0.335 e. The molecule has 1 aromatic heterocycles. The summed E-state index contributed by atoms with van der Waals surface area (Å²) in [5.41, 5.74) is 0.410. The van der Waals surface area contributed by atoms with Gasteiger partial charge in [-0.3, -0.25) is 4.79 Å². The molecule has 9 heteroatoms. The van der Waals surface area contributed by atoms with Crippen LogP contribution in [-0.4, -0.2) is 44.4 Å². The Morgan fingerprint density at radius 1 is 1.32 bits per heavy atom. The van der Waals surface area contributed by atoms with Gasteiger partial charge in [-0.15, -0.1) is 5.10 Å². The number of sulfone groups is 1. The Morgan fingerprint density at radius 2 is 2.05 bits per heavy atom. The summed E-state index contributed by atoms with van der Waals surface area (Å²) in [6.45, 7) is 0.224. The number of ether oxygens (including phenoxy) is 1. The number of nitrogens with zero attached hydrogens (tertiary/aromatic N) is 2. The number of hydrogen-bond acceptors (Lipinski definition) is 7. The van der Waals surface area contributed by atoms with Gasteiger partial charge in [0.15, 0.2) is 0 Å². The molecule has 0 radical (unpaired) electrons. The van der Waals surface area contributed by atoms with Crippen LogP contribution in [0.5, 0.6) is 5.75 Å². The predicted molar refractivity (Wildman–Crippen MR) is 76.4 cm³/mol. The second-order valence-electron chi connectivity index (χ2n) is 4.44. The molecule has 1 N–H and O–H groups in total. The van der Waals surface area contributed by atoms with Gasteiger partial charge in [0, 0.05) is 19.2 Å². The second kappa shape index (κ2) is 6.56. The number of methoxy groups -OCH3 is 1. The summed E-state index contributed by atoms with van der Waals surface area (Å²) in [5.74, 6) is 0.304. The Kier molecular flexibility index (Phi) is 4.76. The summed E-state index contributed by atoms with van der Waals surface area (Å²) in [6, 6.07) is 6.82. The molecule has 0 fully saturated rings. The summed E-state index contributed by atoms with van der Waals surface area (Å²) >= 11 is 0. The van der Waals surface area contributed by atoms with E-state index in [-0.39, 0.29) is 24.8 Å². The topological polar surface area (TPSA) is 111 Å². The van der Waals surface area contributed by atoms with Crippen LogP contribution >= 0.6 is 0 Å². The number of benzene rings is 1. The minimum absolute atomic E-state index is 0.140. The Hall–Kier alpha value is -2.42. The fourth-order valence-corrected chi connectivity index (χ4v) is 2.14. The van der Waals surface area contributed by atoms with E-state index in [0.29, 0.717) is 11.3 Å². The van der Waals surface area contributed by atoms with Crippen molar-refractivity contribution in [3.8, 4) is 5.75 Å². The molecule has 0 atom stereocenters. The van der Waals surface area contributed by atoms with E-state index in [4.69, 9.17) is 9.15 Å². The predicted octanol–water partition coefficient (Wildman–Crippen LogP) is 0.454. The highest BCUT2D eigenvalue weighted by atomic mass is 32.2. The maximum Gasteiger partial charge on any atom is 0.335 e. The number of nitrogens with one attached hydrogen (secondary N) is 1. The Balaban J connectivity index is 1.94. The Morgan fingerprint density at radius 3 is 2.68 bits per heavy atom. The van der Waals surface area contributed by atoms with Crippen LogP contribution in [0.15, 0.2) is 33.9 Å². The highest BCUT2D eigenvalue weighted by molar-refractivity contribution is 7.90. The van der Waals surface area contributed by atoms with Crippen molar-refractivity contribution < 1.29 is 22.4 Å². The normalized spacial score (nSPS) is 11.2. The lowest BCUT2D eigenvalue weighted by molar-refractivity contribution is 0.0950. The van der Waals surface area contributed by atoms with Gasteiger partial charge in [0.2, 0.25) is 15.7 Å². The maximum absolute atomic E-state index is 12.0. The van der Waals surface area contributed by atoms with Crippen molar-refractivity contribution >= 4 is 15.7 Å². The second-order valence-corrected chi connectivity index (χ2v) is 6.33. The number of hydrogen-bond donors (Lipinski definition) is 1. The van der Waals surface area contributed by atoms with E-state index in [1.165, 1.54) is 7.11 Å². The van der Waals surface area contributed by atoms with Gasteiger partial charge in [0.25, 0.3) is 5.91 Å². The zero-order chi connectivity index (χ0) is 16.2. The van der Waals surface area contributed by atoms with E-state index in [2.05, 4.69) is 15.5 Å². The third-order valence-electron chi connectivity index (χ3n) is 2.74. The largest absolute Gasteiger partial charge is 0.496 e. The van der Waals surface area contributed by atoms with Crippen molar-refractivity contribution in [3.63, 3.8) is 0 Å².